The highest BCUT2D eigenvalue weighted by Crippen LogP contribution is 2.28. The lowest BCUT2D eigenvalue weighted by Crippen LogP contribution is -3.14. The van der Waals surface area contributed by atoms with Crippen LogP contribution in [-0.2, 0) is 10.0 Å². The fraction of sp³-hybridized carbons (Fsp3) is 0.333. The lowest BCUT2D eigenvalue weighted by Gasteiger charge is -2.34. The fourth-order valence-electron chi connectivity index (χ4n) is 3.07. The van der Waals surface area contributed by atoms with E-state index in [9.17, 15) is 8.42 Å². The van der Waals surface area contributed by atoms with Gasteiger partial charge in [0.1, 0.15) is 0 Å². The number of nitrogens with one attached hydrogen (secondary N) is 2. The van der Waals surface area contributed by atoms with Gasteiger partial charge in [-0.25, -0.2) is 8.42 Å². The summed E-state index contributed by atoms with van der Waals surface area (Å²) >= 11 is 5.85. The smallest absolute Gasteiger partial charge is 0.261 e. The minimum atomic E-state index is -3.65. The third-order valence-corrected chi connectivity index (χ3v) is 6.22. The molecule has 0 aromatic heterocycles. The van der Waals surface area contributed by atoms with Crippen molar-refractivity contribution in [3.8, 4) is 0 Å². The van der Waals surface area contributed by atoms with Crippen LogP contribution in [0.3, 0.4) is 0 Å². The van der Waals surface area contributed by atoms with Gasteiger partial charge in [0.2, 0.25) is 0 Å². The van der Waals surface area contributed by atoms with Gasteiger partial charge in [-0.15, -0.1) is 0 Å². The number of hydrogen-bond acceptors (Lipinski definition) is 3. The van der Waals surface area contributed by atoms with Crippen LogP contribution in [0, 0.1) is 0 Å². The van der Waals surface area contributed by atoms with Crippen molar-refractivity contribution in [2.24, 2.45) is 0 Å². The third kappa shape index (κ3) is 4.26. The summed E-state index contributed by atoms with van der Waals surface area (Å²) in [4.78, 5) is 4.03. The van der Waals surface area contributed by atoms with Gasteiger partial charge >= 0.3 is 0 Å². The van der Waals surface area contributed by atoms with Crippen LogP contribution < -0.4 is 14.5 Å². The van der Waals surface area contributed by atoms with Crippen molar-refractivity contribution in [3.63, 3.8) is 0 Å². The maximum atomic E-state index is 12.7. The topological polar surface area (TPSA) is 53.9 Å². The Balaban J connectivity index is 1.82. The van der Waals surface area contributed by atoms with E-state index in [1.54, 1.807) is 17.0 Å². The summed E-state index contributed by atoms with van der Waals surface area (Å²) in [6.07, 6.45) is 0. The quantitative estimate of drug-likeness (QED) is 0.832. The van der Waals surface area contributed by atoms with Gasteiger partial charge < -0.3 is 9.80 Å². The number of piperazine rings is 1. The number of quaternary nitrogens is 1. The van der Waals surface area contributed by atoms with Gasteiger partial charge in [0.05, 0.1) is 49.0 Å². The van der Waals surface area contributed by atoms with Gasteiger partial charge in [0, 0.05) is 5.02 Å². The monoisotopic (exact) mass is 380 g/mol. The number of rotatable bonds is 5. The van der Waals surface area contributed by atoms with Crippen LogP contribution in [0.25, 0.3) is 0 Å². The van der Waals surface area contributed by atoms with E-state index < -0.39 is 10.0 Å². The number of anilines is 2. The van der Waals surface area contributed by atoms with E-state index in [-0.39, 0.29) is 4.90 Å². The Bertz CT molecular complexity index is 816. The van der Waals surface area contributed by atoms with Crippen molar-refractivity contribution >= 4 is 33.0 Å². The van der Waals surface area contributed by atoms with E-state index >= 15 is 0 Å². The zero-order valence-corrected chi connectivity index (χ0v) is 15.8. The molecular formula is C18H23ClN3O2S+. The van der Waals surface area contributed by atoms with Gasteiger partial charge in [0.15, 0.2) is 0 Å². The molecule has 0 radical (unpaired) electrons. The number of nitrogens with zero attached hydrogens (tertiary/aromatic N) is 1. The molecule has 0 amide bonds. The summed E-state index contributed by atoms with van der Waals surface area (Å²) in [5.41, 5.74) is 1.53. The van der Waals surface area contributed by atoms with Crippen molar-refractivity contribution in [2.75, 3.05) is 42.3 Å². The van der Waals surface area contributed by atoms with E-state index in [1.165, 1.54) is 12.1 Å². The maximum Gasteiger partial charge on any atom is 0.261 e. The molecule has 7 heteroatoms. The van der Waals surface area contributed by atoms with E-state index in [2.05, 4.69) is 16.5 Å². The first-order valence-electron chi connectivity index (χ1n) is 8.45. The molecule has 134 valence electrons. The van der Waals surface area contributed by atoms with Gasteiger partial charge in [-0.1, -0.05) is 23.7 Å². The van der Waals surface area contributed by atoms with E-state index in [1.807, 2.05) is 24.3 Å². The Hall–Kier alpha value is -1.76. The van der Waals surface area contributed by atoms with Crippen LogP contribution in [0.2, 0.25) is 5.02 Å². The molecule has 1 saturated heterocycles. The van der Waals surface area contributed by atoms with Crippen molar-refractivity contribution in [2.45, 2.75) is 11.8 Å². The summed E-state index contributed by atoms with van der Waals surface area (Å²) in [6, 6.07) is 13.7. The number of sulfonamides is 1. The van der Waals surface area contributed by atoms with Crippen molar-refractivity contribution < 1.29 is 13.3 Å². The summed E-state index contributed by atoms with van der Waals surface area (Å²) < 4.78 is 28.1. The van der Waals surface area contributed by atoms with Crippen LogP contribution in [0.4, 0.5) is 11.4 Å². The SMILES string of the molecule is CC[NH+]1CCN(c2ccccc2NS(=O)(=O)c2ccc(Cl)cc2)CC1. The summed E-state index contributed by atoms with van der Waals surface area (Å²) in [7, 11) is -3.65. The molecular weight excluding hydrogens is 358 g/mol. The second-order valence-electron chi connectivity index (χ2n) is 6.17. The number of halogens is 1. The zero-order chi connectivity index (χ0) is 17.9. The molecule has 5 nitrogen and oxygen atoms in total. The Labute approximate surface area is 154 Å². The number of para-hydroxylation sites is 2. The predicted octanol–water partition coefficient (Wildman–Crippen LogP) is 1.87. The number of likely N-dealkylation sites (N-methyl/N-ethyl adjacent to an activating group) is 1. The second kappa shape index (κ2) is 7.64. The minimum absolute atomic E-state index is 0.201. The first kappa shape index (κ1) is 18.0. The van der Waals surface area contributed by atoms with Gasteiger partial charge in [0.25, 0.3) is 10.0 Å². The zero-order valence-electron chi connectivity index (χ0n) is 14.2. The van der Waals surface area contributed by atoms with E-state index in [4.69, 9.17) is 11.6 Å². The lowest BCUT2D eigenvalue weighted by atomic mass is 10.2. The molecule has 1 aliphatic rings. The molecule has 0 atom stereocenters. The first-order chi connectivity index (χ1) is 12.0. The molecule has 2 aromatic rings. The molecule has 25 heavy (non-hydrogen) atoms. The second-order valence-corrected chi connectivity index (χ2v) is 8.29. The molecule has 0 aliphatic carbocycles. The van der Waals surface area contributed by atoms with Crippen molar-refractivity contribution in [3.05, 3.63) is 53.6 Å². The molecule has 1 fully saturated rings. The van der Waals surface area contributed by atoms with Crippen molar-refractivity contribution in [1.82, 2.24) is 0 Å². The predicted molar refractivity (Wildman–Crippen MR) is 102 cm³/mol. The highest BCUT2D eigenvalue weighted by molar-refractivity contribution is 7.92. The van der Waals surface area contributed by atoms with Crippen LogP contribution in [0.1, 0.15) is 6.92 Å². The Kier molecular flexibility index (Phi) is 5.51. The van der Waals surface area contributed by atoms with Crippen molar-refractivity contribution in [1.29, 1.82) is 0 Å². The molecule has 0 spiro atoms. The summed E-state index contributed by atoms with van der Waals surface area (Å²) in [5, 5.41) is 0.510. The van der Waals surface area contributed by atoms with Crippen LogP contribution in [0.5, 0.6) is 0 Å². The van der Waals surface area contributed by atoms with Crippen LogP contribution in [0.15, 0.2) is 53.4 Å². The fourth-order valence-corrected chi connectivity index (χ4v) is 4.27. The Morgan fingerprint density at radius 2 is 1.72 bits per heavy atom. The Morgan fingerprint density at radius 1 is 1.08 bits per heavy atom. The summed E-state index contributed by atoms with van der Waals surface area (Å²) in [5.74, 6) is 0. The lowest BCUT2D eigenvalue weighted by molar-refractivity contribution is -0.898. The highest BCUT2D eigenvalue weighted by atomic mass is 35.5. The molecule has 1 aliphatic heterocycles. The number of hydrogen-bond donors (Lipinski definition) is 2. The van der Waals surface area contributed by atoms with E-state index in [0.717, 1.165) is 38.4 Å². The van der Waals surface area contributed by atoms with Crippen LogP contribution in [-0.4, -0.2) is 41.1 Å². The molecule has 2 N–H and O–H groups in total. The average molecular weight is 381 g/mol. The molecule has 3 rings (SSSR count). The molecule has 0 bridgehead atoms. The average Bonchev–Trinajstić information content (AvgIpc) is 2.62. The normalized spacial score (nSPS) is 16.0. The maximum absolute atomic E-state index is 12.7. The molecule has 0 unspecified atom stereocenters. The Morgan fingerprint density at radius 3 is 2.36 bits per heavy atom. The molecule has 0 saturated carbocycles. The van der Waals surface area contributed by atoms with Crippen LogP contribution >= 0.6 is 11.6 Å². The molecule has 1 heterocycles. The first-order valence-corrected chi connectivity index (χ1v) is 10.3. The van der Waals surface area contributed by atoms with Gasteiger partial charge in [-0.05, 0) is 43.3 Å². The largest absolute Gasteiger partial charge is 0.359 e. The molecule has 2 aromatic carbocycles. The highest BCUT2D eigenvalue weighted by Gasteiger charge is 2.22. The third-order valence-electron chi connectivity index (χ3n) is 4.58. The number of benzene rings is 2. The van der Waals surface area contributed by atoms with E-state index in [0.29, 0.717) is 10.7 Å². The van der Waals surface area contributed by atoms with Gasteiger partial charge in [-0.3, -0.25) is 4.72 Å². The standard InChI is InChI=1S/C18H22ClN3O2S/c1-2-21-11-13-22(14-12-21)18-6-4-3-5-17(18)20-25(23,24)16-9-7-15(19)8-10-16/h3-10,20H,2,11-14H2,1H3/p+1. The minimum Gasteiger partial charge on any atom is -0.359 e. The summed E-state index contributed by atoms with van der Waals surface area (Å²) in [6.45, 7) is 7.28. The van der Waals surface area contributed by atoms with Gasteiger partial charge in [-0.2, -0.15) is 0 Å².